The number of benzene rings is 2. The maximum Gasteiger partial charge on any atom is 0.251 e. The molecule has 0 unspecified atom stereocenters. The Hall–Kier alpha value is -2.86. The first-order valence-corrected chi connectivity index (χ1v) is 11.3. The van der Waals surface area contributed by atoms with Crippen LogP contribution in [0.1, 0.15) is 48.0 Å². The molecule has 2 aromatic carbocycles. The normalized spacial score (nSPS) is 16.3. The number of amides is 2. The lowest BCUT2D eigenvalue weighted by Gasteiger charge is -2.31. The molecular weight excluding hydrogens is 388 g/mol. The highest BCUT2D eigenvalue weighted by atomic mass is 16.2. The second kappa shape index (κ2) is 9.96. The van der Waals surface area contributed by atoms with E-state index < -0.39 is 0 Å². The summed E-state index contributed by atoms with van der Waals surface area (Å²) >= 11 is 0. The number of piperidine rings is 1. The number of hydrogen-bond acceptors (Lipinski definition) is 4. The van der Waals surface area contributed by atoms with Crippen molar-refractivity contribution in [3.05, 3.63) is 59.7 Å². The molecule has 2 aromatic rings. The van der Waals surface area contributed by atoms with Gasteiger partial charge in [-0.2, -0.15) is 0 Å². The number of rotatable bonds is 8. The van der Waals surface area contributed by atoms with Gasteiger partial charge in [0.15, 0.2) is 0 Å². The number of para-hydroxylation sites is 1. The highest BCUT2D eigenvalue weighted by Gasteiger charge is 2.24. The third-order valence-electron chi connectivity index (χ3n) is 5.86. The summed E-state index contributed by atoms with van der Waals surface area (Å²) in [6, 6.07) is 15.9. The largest absolute Gasteiger partial charge is 0.371 e. The number of anilines is 2. The predicted octanol–water partition coefficient (Wildman–Crippen LogP) is 3.64. The van der Waals surface area contributed by atoms with Crippen LogP contribution in [0.15, 0.2) is 48.5 Å². The van der Waals surface area contributed by atoms with Crippen LogP contribution in [0.4, 0.5) is 11.4 Å². The van der Waals surface area contributed by atoms with Crippen molar-refractivity contribution in [2.45, 2.75) is 44.7 Å². The quantitative estimate of drug-likeness (QED) is 0.684. The van der Waals surface area contributed by atoms with Crippen LogP contribution >= 0.6 is 0 Å². The lowest BCUT2D eigenvalue weighted by atomic mass is 10.1. The molecule has 0 atom stereocenters. The number of likely N-dealkylation sites (N-methyl/N-ethyl adjacent to an activating group) is 1. The molecule has 4 rings (SSSR count). The average Bonchev–Trinajstić information content (AvgIpc) is 3.59. The third-order valence-corrected chi connectivity index (χ3v) is 5.86. The van der Waals surface area contributed by atoms with Gasteiger partial charge in [-0.15, -0.1) is 0 Å². The van der Waals surface area contributed by atoms with Crippen molar-refractivity contribution in [3.63, 3.8) is 0 Å². The summed E-state index contributed by atoms with van der Waals surface area (Å²) in [5.74, 6) is -0.164. The summed E-state index contributed by atoms with van der Waals surface area (Å²) in [5, 5.41) is 5.91. The molecule has 6 heteroatoms. The van der Waals surface area contributed by atoms with E-state index in [1.807, 2.05) is 18.0 Å². The van der Waals surface area contributed by atoms with Gasteiger partial charge in [0.1, 0.15) is 0 Å². The van der Waals surface area contributed by atoms with Gasteiger partial charge in [-0.1, -0.05) is 24.3 Å². The Labute approximate surface area is 184 Å². The molecule has 6 nitrogen and oxygen atoms in total. The number of carbonyl (C=O) groups is 2. The predicted molar refractivity (Wildman–Crippen MR) is 124 cm³/mol. The molecule has 0 spiro atoms. The summed E-state index contributed by atoms with van der Waals surface area (Å²) in [5.41, 5.74) is 3.76. The van der Waals surface area contributed by atoms with E-state index in [1.165, 1.54) is 30.5 Å². The average molecular weight is 421 g/mol. The van der Waals surface area contributed by atoms with Gasteiger partial charge in [-0.25, -0.2) is 0 Å². The molecule has 2 fully saturated rings. The van der Waals surface area contributed by atoms with Crippen molar-refractivity contribution in [2.24, 2.45) is 0 Å². The molecule has 1 saturated heterocycles. The van der Waals surface area contributed by atoms with E-state index >= 15 is 0 Å². The van der Waals surface area contributed by atoms with E-state index in [4.69, 9.17) is 0 Å². The standard InChI is InChI=1S/C25H32N4O2/c1-28(17-20-8-3-4-11-23(20)29-14-5-2-6-15-29)18-24(30)26-22-10-7-9-19(16-22)25(31)27-21-12-13-21/h3-4,7-11,16,21H,2,5-6,12-15,17-18H2,1H3,(H,26,30)(H,27,31). The van der Waals surface area contributed by atoms with E-state index in [0.29, 0.717) is 23.8 Å². The van der Waals surface area contributed by atoms with Crippen molar-refractivity contribution in [2.75, 3.05) is 36.9 Å². The van der Waals surface area contributed by atoms with Crippen LogP contribution in [0.3, 0.4) is 0 Å². The highest BCUT2D eigenvalue weighted by molar-refractivity contribution is 5.97. The van der Waals surface area contributed by atoms with Crippen LogP contribution in [-0.2, 0) is 11.3 Å². The summed E-state index contributed by atoms with van der Waals surface area (Å²) in [6.45, 7) is 3.20. The Morgan fingerprint density at radius 1 is 1.03 bits per heavy atom. The molecule has 0 bridgehead atoms. The molecule has 0 radical (unpaired) electrons. The minimum absolute atomic E-state index is 0.0787. The van der Waals surface area contributed by atoms with Crippen LogP contribution in [0, 0.1) is 0 Å². The molecule has 1 aliphatic carbocycles. The van der Waals surface area contributed by atoms with Crippen molar-refractivity contribution in [1.82, 2.24) is 10.2 Å². The van der Waals surface area contributed by atoms with Gasteiger partial charge >= 0.3 is 0 Å². The first-order chi connectivity index (χ1) is 15.1. The summed E-state index contributed by atoms with van der Waals surface area (Å²) < 4.78 is 0. The molecule has 164 valence electrons. The molecule has 1 saturated carbocycles. The van der Waals surface area contributed by atoms with E-state index in [1.54, 1.807) is 18.2 Å². The van der Waals surface area contributed by atoms with Crippen molar-refractivity contribution in [1.29, 1.82) is 0 Å². The minimum Gasteiger partial charge on any atom is -0.371 e. The maximum absolute atomic E-state index is 12.6. The Bertz CT molecular complexity index is 919. The molecule has 0 aromatic heterocycles. The number of hydrogen-bond donors (Lipinski definition) is 2. The smallest absolute Gasteiger partial charge is 0.251 e. The molecule has 1 aliphatic heterocycles. The van der Waals surface area contributed by atoms with E-state index in [2.05, 4.69) is 39.8 Å². The van der Waals surface area contributed by atoms with Gasteiger partial charge in [0.25, 0.3) is 5.91 Å². The number of nitrogens with one attached hydrogen (secondary N) is 2. The monoisotopic (exact) mass is 420 g/mol. The first kappa shape index (κ1) is 21.4. The van der Waals surface area contributed by atoms with Gasteiger partial charge in [-0.3, -0.25) is 14.5 Å². The second-order valence-corrected chi connectivity index (χ2v) is 8.73. The fraction of sp³-hybridized carbons (Fsp3) is 0.440. The lowest BCUT2D eigenvalue weighted by molar-refractivity contribution is -0.117. The third kappa shape index (κ3) is 6.07. The van der Waals surface area contributed by atoms with Crippen molar-refractivity contribution < 1.29 is 9.59 Å². The van der Waals surface area contributed by atoms with Crippen LogP contribution in [-0.4, -0.2) is 49.4 Å². The lowest BCUT2D eigenvalue weighted by Crippen LogP contribution is -2.33. The first-order valence-electron chi connectivity index (χ1n) is 11.3. The Morgan fingerprint density at radius 3 is 2.58 bits per heavy atom. The molecule has 1 heterocycles. The molecule has 31 heavy (non-hydrogen) atoms. The minimum atomic E-state index is -0.0855. The Morgan fingerprint density at radius 2 is 1.81 bits per heavy atom. The van der Waals surface area contributed by atoms with Crippen molar-refractivity contribution >= 4 is 23.2 Å². The highest BCUT2D eigenvalue weighted by Crippen LogP contribution is 2.25. The molecule has 2 amide bonds. The van der Waals surface area contributed by atoms with Gasteiger partial charge in [-0.05, 0) is 69.0 Å². The van der Waals surface area contributed by atoms with Crippen LogP contribution in [0.25, 0.3) is 0 Å². The number of nitrogens with zero attached hydrogens (tertiary/aromatic N) is 2. The van der Waals surface area contributed by atoms with Crippen molar-refractivity contribution in [3.8, 4) is 0 Å². The molecular formula is C25H32N4O2. The zero-order chi connectivity index (χ0) is 21.6. The number of carbonyl (C=O) groups excluding carboxylic acids is 2. The van der Waals surface area contributed by atoms with Gasteiger partial charge in [0.05, 0.1) is 6.54 Å². The Kier molecular flexibility index (Phi) is 6.87. The van der Waals surface area contributed by atoms with Gasteiger partial charge in [0, 0.05) is 42.6 Å². The van der Waals surface area contributed by atoms with Crippen LogP contribution < -0.4 is 15.5 Å². The molecule has 2 N–H and O–H groups in total. The topological polar surface area (TPSA) is 64.7 Å². The zero-order valence-electron chi connectivity index (χ0n) is 18.3. The molecule has 2 aliphatic rings. The fourth-order valence-corrected chi connectivity index (χ4v) is 4.11. The Balaban J connectivity index is 1.33. The fourth-order valence-electron chi connectivity index (χ4n) is 4.11. The summed E-state index contributed by atoms with van der Waals surface area (Å²) in [4.78, 5) is 29.3. The van der Waals surface area contributed by atoms with E-state index in [-0.39, 0.29) is 18.4 Å². The van der Waals surface area contributed by atoms with E-state index in [9.17, 15) is 9.59 Å². The SMILES string of the molecule is CN(CC(=O)Nc1cccc(C(=O)NC2CC2)c1)Cc1ccccc1N1CCCCC1. The second-order valence-electron chi connectivity index (χ2n) is 8.73. The maximum atomic E-state index is 12.6. The van der Waals surface area contributed by atoms with E-state index in [0.717, 1.165) is 25.9 Å². The summed E-state index contributed by atoms with van der Waals surface area (Å²) in [6.07, 6.45) is 5.89. The van der Waals surface area contributed by atoms with Gasteiger partial charge < -0.3 is 15.5 Å². The van der Waals surface area contributed by atoms with Crippen LogP contribution in [0.2, 0.25) is 0 Å². The summed E-state index contributed by atoms with van der Waals surface area (Å²) in [7, 11) is 1.96. The zero-order valence-corrected chi connectivity index (χ0v) is 18.3. The van der Waals surface area contributed by atoms with Crippen LogP contribution in [0.5, 0.6) is 0 Å². The van der Waals surface area contributed by atoms with Gasteiger partial charge in [0.2, 0.25) is 5.91 Å².